The van der Waals surface area contributed by atoms with Gasteiger partial charge in [0.05, 0.1) is 5.69 Å². The lowest BCUT2D eigenvalue weighted by Gasteiger charge is -2.09. The molecule has 1 aliphatic rings. The van der Waals surface area contributed by atoms with E-state index in [1.807, 2.05) is 25.1 Å². The maximum atomic E-state index is 11.3. The number of hydrogen-bond acceptors (Lipinski definition) is 2. The molecule has 3 rings (SSSR count). The van der Waals surface area contributed by atoms with Crippen molar-refractivity contribution in [3.8, 4) is 5.69 Å². The molecule has 1 heterocycles. The highest BCUT2D eigenvalue weighted by Crippen LogP contribution is 2.29. The summed E-state index contributed by atoms with van der Waals surface area (Å²) in [5.74, 6) is -0.940. The van der Waals surface area contributed by atoms with Crippen LogP contribution in [0.5, 0.6) is 0 Å². The quantitative estimate of drug-likeness (QED) is 0.924. The summed E-state index contributed by atoms with van der Waals surface area (Å²) in [4.78, 5) is 11.3. The summed E-state index contributed by atoms with van der Waals surface area (Å²) in [7, 11) is 0. The number of aryl methyl sites for hydroxylation is 1. The van der Waals surface area contributed by atoms with Gasteiger partial charge in [0, 0.05) is 15.7 Å². The number of nitrogens with zero attached hydrogens (tertiary/aromatic N) is 2. The number of hydrogen-bond donors (Lipinski definition) is 1. The largest absolute Gasteiger partial charge is 0.476 e. The van der Waals surface area contributed by atoms with Gasteiger partial charge >= 0.3 is 5.97 Å². The van der Waals surface area contributed by atoms with Crippen LogP contribution in [0.4, 0.5) is 0 Å². The molecule has 2 aromatic rings. The number of aromatic carboxylic acids is 1. The van der Waals surface area contributed by atoms with E-state index in [0.29, 0.717) is 0 Å². The van der Waals surface area contributed by atoms with E-state index in [1.54, 1.807) is 4.68 Å². The van der Waals surface area contributed by atoms with Crippen LogP contribution in [0.2, 0.25) is 0 Å². The molecule has 0 bridgehead atoms. The lowest BCUT2D eigenvalue weighted by atomic mass is 10.2. The number of halogens is 1. The third kappa shape index (κ3) is 1.98. The molecule has 0 saturated heterocycles. The van der Waals surface area contributed by atoms with E-state index in [9.17, 15) is 9.90 Å². The molecule has 0 amide bonds. The Morgan fingerprint density at radius 3 is 2.95 bits per heavy atom. The van der Waals surface area contributed by atoms with Gasteiger partial charge < -0.3 is 5.11 Å². The number of carboxylic acids is 1. The van der Waals surface area contributed by atoms with Gasteiger partial charge in [-0.15, -0.1) is 0 Å². The zero-order valence-corrected chi connectivity index (χ0v) is 12.1. The molecule has 0 saturated carbocycles. The fourth-order valence-corrected chi connectivity index (χ4v) is 2.97. The molecule has 1 aliphatic carbocycles. The molecule has 1 aromatic heterocycles. The van der Waals surface area contributed by atoms with Crippen molar-refractivity contribution in [3.63, 3.8) is 0 Å². The Morgan fingerprint density at radius 1 is 1.42 bits per heavy atom. The fourth-order valence-electron chi connectivity index (χ4n) is 2.62. The van der Waals surface area contributed by atoms with Crippen molar-refractivity contribution < 1.29 is 9.90 Å². The minimum absolute atomic E-state index is 0.201. The monoisotopic (exact) mass is 320 g/mol. The molecule has 4 nitrogen and oxygen atoms in total. The summed E-state index contributed by atoms with van der Waals surface area (Å²) >= 11 is 3.45. The molecule has 0 spiro atoms. The van der Waals surface area contributed by atoms with Crippen LogP contribution in [0.25, 0.3) is 5.69 Å². The zero-order valence-electron chi connectivity index (χ0n) is 10.5. The van der Waals surface area contributed by atoms with Crippen LogP contribution >= 0.6 is 15.9 Å². The second-order valence-corrected chi connectivity index (χ2v) is 5.69. The number of carbonyl (C=O) groups is 1. The number of benzene rings is 1. The first-order chi connectivity index (χ1) is 9.08. The molecule has 0 aliphatic heterocycles. The van der Waals surface area contributed by atoms with E-state index in [1.165, 1.54) is 0 Å². The number of fused-ring (bicyclic) bond motifs is 1. The first kappa shape index (κ1) is 12.4. The van der Waals surface area contributed by atoms with E-state index in [2.05, 4.69) is 21.0 Å². The number of carboxylic acid groups (broad SMARTS) is 1. The van der Waals surface area contributed by atoms with Gasteiger partial charge in [0.2, 0.25) is 0 Å². The van der Waals surface area contributed by atoms with Crippen molar-refractivity contribution in [2.24, 2.45) is 0 Å². The average molecular weight is 321 g/mol. The smallest absolute Gasteiger partial charge is 0.356 e. The van der Waals surface area contributed by atoms with Crippen LogP contribution < -0.4 is 0 Å². The van der Waals surface area contributed by atoms with E-state index in [0.717, 1.165) is 46.2 Å². The number of aromatic nitrogens is 2. The number of rotatable bonds is 2. The Kier molecular flexibility index (Phi) is 2.93. The minimum atomic E-state index is -0.940. The van der Waals surface area contributed by atoms with Crippen molar-refractivity contribution in [2.45, 2.75) is 26.2 Å². The minimum Gasteiger partial charge on any atom is -0.476 e. The Bertz CT molecular complexity index is 676. The van der Waals surface area contributed by atoms with Crippen LogP contribution in [-0.2, 0) is 12.8 Å². The van der Waals surface area contributed by atoms with Gasteiger partial charge in [-0.05, 0) is 43.9 Å². The fraction of sp³-hybridized carbons (Fsp3) is 0.286. The van der Waals surface area contributed by atoms with E-state index in [-0.39, 0.29) is 5.69 Å². The van der Waals surface area contributed by atoms with Gasteiger partial charge in [0.25, 0.3) is 0 Å². The van der Waals surface area contributed by atoms with Crippen LogP contribution in [0.15, 0.2) is 22.7 Å². The second-order valence-electron chi connectivity index (χ2n) is 4.78. The molecule has 98 valence electrons. The van der Waals surface area contributed by atoms with E-state index in [4.69, 9.17) is 0 Å². The third-order valence-electron chi connectivity index (χ3n) is 3.53. The van der Waals surface area contributed by atoms with Crippen molar-refractivity contribution in [2.75, 3.05) is 0 Å². The van der Waals surface area contributed by atoms with Gasteiger partial charge in [0.1, 0.15) is 0 Å². The van der Waals surface area contributed by atoms with Crippen molar-refractivity contribution in [1.29, 1.82) is 0 Å². The molecule has 19 heavy (non-hydrogen) atoms. The van der Waals surface area contributed by atoms with Crippen LogP contribution in [0.1, 0.15) is 33.7 Å². The second kappa shape index (κ2) is 4.49. The summed E-state index contributed by atoms with van der Waals surface area (Å²) in [6.07, 6.45) is 2.70. The SMILES string of the molecule is Cc1ccc(Br)cc1-n1nc(C(=O)O)c2c1CCC2. The van der Waals surface area contributed by atoms with Crippen LogP contribution in [0.3, 0.4) is 0 Å². The van der Waals surface area contributed by atoms with E-state index >= 15 is 0 Å². The lowest BCUT2D eigenvalue weighted by Crippen LogP contribution is -2.05. The molecule has 5 heteroatoms. The highest BCUT2D eigenvalue weighted by molar-refractivity contribution is 9.10. The molecule has 0 unspecified atom stereocenters. The lowest BCUT2D eigenvalue weighted by molar-refractivity contribution is 0.0689. The highest BCUT2D eigenvalue weighted by atomic mass is 79.9. The maximum Gasteiger partial charge on any atom is 0.356 e. The topological polar surface area (TPSA) is 55.1 Å². The highest BCUT2D eigenvalue weighted by Gasteiger charge is 2.27. The molecule has 0 radical (unpaired) electrons. The average Bonchev–Trinajstić information content (AvgIpc) is 2.93. The maximum absolute atomic E-state index is 11.3. The standard InChI is InChI=1S/C14H13BrN2O2/c1-8-5-6-9(15)7-12(8)17-11-4-2-3-10(11)13(16-17)14(18)19/h5-7H,2-4H2,1H3,(H,18,19). The van der Waals surface area contributed by atoms with Crippen molar-refractivity contribution in [1.82, 2.24) is 9.78 Å². The van der Waals surface area contributed by atoms with Gasteiger partial charge in [-0.3, -0.25) is 0 Å². The summed E-state index contributed by atoms with van der Waals surface area (Å²) in [6, 6.07) is 5.95. The van der Waals surface area contributed by atoms with Gasteiger partial charge in [-0.25, -0.2) is 9.48 Å². The van der Waals surface area contributed by atoms with Gasteiger partial charge in [0.15, 0.2) is 5.69 Å². The predicted octanol–water partition coefficient (Wildman–Crippen LogP) is 3.13. The summed E-state index contributed by atoms with van der Waals surface area (Å²) < 4.78 is 2.76. The molecular formula is C14H13BrN2O2. The predicted molar refractivity (Wildman–Crippen MR) is 75.0 cm³/mol. The van der Waals surface area contributed by atoms with Crippen LogP contribution in [0, 0.1) is 6.92 Å². The summed E-state index contributed by atoms with van der Waals surface area (Å²) in [6.45, 7) is 2.01. The summed E-state index contributed by atoms with van der Waals surface area (Å²) in [5, 5.41) is 13.5. The Labute approximate surface area is 119 Å². The molecule has 1 N–H and O–H groups in total. The molecular weight excluding hydrogens is 308 g/mol. The Balaban J connectivity index is 2.23. The Morgan fingerprint density at radius 2 is 2.21 bits per heavy atom. The molecule has 0 fully saturated rings. The van der Waals surface area contributed by atoms with Crippen LogP contribution in [-0.4, -0.2) is 20.9 Å². The van der Waals surface area contributed by atoms with Gasteiger partial charge in [-0.1, -0.05) is 22.0 Å². The summed E-state index contributed by atoms with van der Waals surface area (Å²) in [5.41, 5.74) is 4.16. The van der Waals surface area contributed by atoms with Gasteiger partial charge in [-0.2, -0.15) is 5.10 Å². The Hall–Kier alpha value is -1.62. The molecule has 1 aromatic carbocycles. The van der Waals surface area contributed by atoms with Crippen molar-refractivity contribution in [3.05, 3.63) is 45.2 Å². The third-order valence-corrected chi connectivity index (χ3v) is 4.03. The normalized spacial score (nSPS) is 13.6. The first-order valence-corrected chi connectivity index (χ1v) is 6.98. The first-order valence-electron chi connectivity index (χ1n) is 6.18. The van der Waals surface area contributed by atoms with Crippen molar-refractivity contribution >= 4 is 21.9 Å². The zero-order chi connectivity index (χ0) is 13.6. The van der Waals surface area contributed by atoms with E-state index < -0.39 is 5.97 Å². The molecule has 0 atom stereocenters.